The molecule has 0 amide bonds. The zero-order chi connectivity index (χ0) is 9.00. The van der Waals surface area contributed by atoms with Gasteiger partial charge in [0.15, 0.2) is 0 Å². The summed E-state index contributed by atoms with van der Waals surface area (Å²) in [7, 11) is -10.3. The molecule has 0 aliphatic rings. The Morgan fingerprint density at radius 1 is 0.667 bits per heavy atom. The molecule has 0 aromatic heterocycles. The van der Waals surface area contributed by atoms with E-state index < -0.39 is 20.8 Å². The Morgan fingerprint density at radius 3 is 0.667 bits per heavy atom. The van der Waals surface area contributed by atoms with E-state index in [0.717, 1.165) is 0 Å². The second kappa shape index (κ2) is 9.40. The normalized spacial score (nSPS) is 9.67. The first kappa shape index (κ1) is 23.6. The summed E-state index contributed by atoms with van der Waals surface area (Å²) >= 11 is 0. The van der Waals surface area contributed by atoms with Crippen LogP contribution in [0.2, 0.25) is 0 Å². The summed E-state index contributed by atoms with van der Waals surface area (Å²) < 4.78 is 68.2. The average molecular weight is 356 g/mol. The zero-order valence-corrected chi connectivity index (χ0v) is 12.6. The minimum atomic E-state index is -5.17. The molecule has 0 heterocycles. The van der Waals surface area contributed by atoms with Crippen LogP contribution >= 0.6 is 0 Å². The van der Waals surface area contributed by atoms with Gasteiger partial charge in [-0.25, -0.2) is 0 Å². The van der Waals surface area contributed by atoms with Crippen molar-refractivity contribution in [2.24, 2.45) is 0 Å². The van der Waals surface area contributed by atoms with Crippen molar-refractivity contribution in [3.05, 3.63) is 0 Å². The van der Waals surface area contributed by atoms with Crippen molar-refractivity contribution in [1.82, 2.24) is 0 Å². The van der Waals surface area contributed by atoms with Crippen molar-refractivity contribution in [1.29, 1.82) is 0 Å². The van der Waals surface area contributed by atoms with Crippen molar-refractivity contribution in [2.75, 3.05) is 0 Å². The quantitative estimate of drug-likeness (QED) is 0.246. The van der Waals surface area contributed by atoms with Crippen molar-refractivity contribution in [3.63, 3.8) is 0 Å². The maximum atomic E-state index is 8.52. The van der Waals surface area contributed by atoms with Gasteiger partial charge in [0.05, 0.1) is 0 Å². The van der Waals surface area contributed by atoms with Crippen LogP contribution in [-0.4, -0.2) is 101 Å². The molecule has 0 saturated carbocycles. The Labute approximate surface area is 120 Å². The largest absolute Gasteiger partial charge is 3.00 e. The number of hydrogen-bond donors (Lipinski definition) is 0. The molecule has 0 bridgehead atoms. The third-order valence-electron chi connectivity index (χ3n) is 0. The summed E-state index contributed by atoms with van der Waals surface area (Å²) in [6, 6.07) is 0. The van der Waals surface area contributed by atoms with Gasteiger partial charge in [0.2, 0.25) is 0 Å². The van der Waals surface area contributed by atoms with Crippen molar-refractivity contribution < 1.29 is 35.0 Å². The van der Waals surface area contributed by atoms with E-state index in [4.69, 9.17) is 35.0 Å². The van der Waals surface area contributed by atoms with Crippen LogP contribution in [0.15, 0.2) is 0 Å². The molecule has 0 aromatic carbocycles. The smallest absolute Gasteiger partial charge is 0.759 e. The summed E-state index contributed by atoms with van der Waals surface area (Å²) in [5, 5.41) is 0. The van der Waals surface area contributed by atoms with Crippen LogP contribution in [0.25, 0.3) is 0 Å². The second-order valence-corrected chi connectivity index (χ2v) is 2.45. The van der Waals surface area contributed by atoms with Gasteiger partial charge in [-0.1, -0.05) is 0 Å². The predicted octanol–water partition coefficient (Wildman–Crippen LogP) is -3.44. The predicted molar refractivity (Wildman–Crippen MR) is 32.5 cm³/mol. The molecule has 0 radical (unpaired) electrons. The maximum Gasteiger partial charge on any atom is 3.00 e. The molecule has 0 atom stereocenters. The third kappa shape index (κ3) is 410. The maximum absolute atomic E-state index is 8.52. The third-order valence-corrected chi connectivity index (χ3v) is 0. The molecule has 0 rings (SSSR count). The summed E-state index contributed by atoms with van der Waals surface area (Å²) in [6.07, 6.45) is 0. The minimum absolute atomic E-state index is 0. The molecule has 0 aliphatic heterocycles. The van der Waals surface area contributed by atoms with Gasteiger partial charge in [-0.2, -0.15) is 0 Å². The van der Waals surface area contributed by atoms with Gasteiger partial charge in [-0.05, 0) is 0 Å². The van der Waals surface area contributed by atoms with E-state index in [0.29, 0.717) is 0 Å². The first-order valence-corrected chi connectivity index (χ1v) is 4.00. The minimum Gasteiger partial charge on any atom is -0.759 e. The van der Waals surface area contributed by atoms with Crippen LogP contribution in [0, 0.1) is 0 Å². The first-order chi connectivity index (χ1) is 4.00. The zero-order valence-electron chi connectivity index (χ0n) is 5.37. The van der Waals surface area contributed by atoms with E-state index in [1.165, 1.54) is 0 Å². The van der Waals surface area contributed by atoms with E-state index >= 15 is 0 Å². The molecular formula is AlBaO8S2+. The molecule has 12 heteroatoms. The first-order valence-electron chi connectivity index (χ1n) is 1.33. The van der Waals surface area contributed by atoms with E-state index in [1.807, 2.05) is 0 Å². The van der Waals surface area contributed by atoms with Crippen molar-refractivity contribution >= 4 is 87.0 Å². The Balaban J connectivity index is -0.0000000457. The van der Waals surface area contributed by atoms with Crippen LogP contribution < -0.4 is 0 Å². The fourth-order valence-corrected chi connectivity index (χ4v) is 0. The molecule has 64 valence electrons. The number of rotatable bonds is 0. The number of hydrogen-bond acceptors (Lipinski definition) is 8. The van der Waals surface area contributed by atoms with Crippen LogP contribution in [0.4, 0.5) is 0 Å². The van der Waals surface area contributed by atoms with Crippen LogP contribution in [0.1, 0.15) is 0 Å². The molecule has 0 fully saturated rings. The summed E-state index contributed by atoms with van der Waals surface area (Å²) in [6.45, 7) is 0. The van der Waals surface area contributed by atoms with Gasteiger partial charge >= 0.3 is 66.2 Å². The van der Waals surface area contributed by atoms with E-state index in [2.05, 4.69) is 0 Å². The Kier molecular flexibility index (Phi) is 18.5. The van der Waals surface area contributed by atoms with E-state index in [9.17, 15) is 0 Å². The molecule has 12 heavy (non-hydrogen) atoms. The average Bonchev–Trinajstić information content (AvgIpc) is 1.12. The van der Waals surface area contributed by atoms with E-state index in [1.54, 1.807) is 0 Å². The van der Waals surface area contributed by atoms with Gasteiger partial charge in [0, 0.05) is 20.8 Å². The molecule has 0 aliphatic carbocycles. The molecule has 0 aromatic rings. The van der Waals surface area contributed by atoms with Gasteiger partial charge < -0.3 is 18.2 Å². The monoisotopic (exact) mass is 357 g/mol. The van der Waals surface area contributed by atoms with Crippen LogP contribution in [0.3, 0.4) is 0 Å². The topological polar surface area (TPSA) is 161 Å². The van der Waals surface area contributed by atoms with Crippen molar-refractivity contribution in [2.45, 2.75) is 0 Å². The Morgan fingerprint density at radius 2 is 0.667 bits per heavy atom. The van der Waals surface area contributed by atoms with Gasteiger partial charge in [-0.15, -0.1) is 0 Å². The SMILES string of the molecule is O=S(=O)([O-])[O-].O=S(=O)([O-])[O-].[Al+3].[Ba+2]. The summed E-state index contributed by atoms with van der Waals surface area (Å²) in [4.78, 5) is 0. The fraction of sp³-hybridized carbons (Fsp3) is 0. The standard InChI is InChI=1S/Al.Ba.2H2O4S/c;;2*1-5(2,3)4/h;;2*(H2,1,2,3,4)/q+3;+2;;/p-4. The Hall–Kier alpha value is 1.84. The summed E-state index contributed by atoms with van der Waals surface area (Å²) in [5.41, 5.74) is 0. The molecule has 0 N–H and O–H groups in total. The van der Waals surface area contributed by atoms with Gasteiger partial charge in [0.1, 0.15) is 0 Å². The Bertz CT molecular complexity index is 213. The van der Waals surface area contributed by atoms with Gasteiger partial charge in [0.25, 0.3) is 0 Å². The molecular weight excluding hydrogens is 356 g/mol. The second-order valence-electron chi connectivity index (χ2n) is 0.816. The fourth-order valence-electron chi connectivity index (χ4n) is 0. The molecule has 0 saturated heterocycles. The molecule has 0 unspecified atom stereocenters. The van der Waals surface area contributed by atoms with Crippen LogP contribution in [-0.2, 0) is 20.8 Å². The van der Waals surface area contributed by atoms with Gasteiger partial charge in [-0.3, -0.25) is 16.8 Å². The van der Waals surface area contributed by atoms with E-state index in [-0.39, 0.29) is 66.2 Å². The molecule has 8 nitrogen and oxygen atoms in total. The van der Waals surface area contributed by atoms with Crippen molar-refractivity contribution in [3.8, 4) is 0 Å². The molecule has 0 spiro atoms. The van der Waals surface area contributed by atoms with Crippen LogP contribution in [0.5, 0.6) is 0 Å². The summed E-state index contributed by atoms with van der Waals surface area (Å²) in [5.74, 6) is 0.